The molecule has 4 heterocycles. The van der Waals surface area contributed by atoms with Crippen molar-refractivity contribution >= 4 is 45.0 Å². The molecule has 1 aliphatic heterocycles. The third kappa shape index (κ3) is 3.12. The highest BCUT2D eigenvalue weighted by atomic mass is 32.1. The zero-order valence-electron chi connectivity index (χ0n) is 17.1. The number of amides is 1. The second kappa shape index (κ2) is 6.66. The number of aromatic nitrogens is 4. The van der Waals surface area contributed by atoms with Crippen molar-refractivity contribution in [3.05, 3.63) is 23.2 Å². The largest absolute Gasteiger partial charge is 0.351 e. The Morgan fingerprint density at radius 1 is 1.27 bits per heavy atom. The second-order valence-corrected chi connectivity index (χ2v) is 9.95. The monoisotopic (exact) mass is 423 g/mol. The Morgan fingerprint density at radius 2 is 2.07 bits per heavy atom. The van der Waals surface area contributed by atoms with Gasteiger partial charge < -0.3 is 15.5 Å². The normalized spacial score (nSPS) is 25.0. The number of piperidine rings is 1. The number of rotatable bonds is 6. The van der Waals surface area contributed by atoms with E-state index in [0.29, 0.717) is 29.7 Å². The Labute approximate surface area is 178 Å². The summed E-state index contributed by atoms with van der Waals surface area (Å²) in [5.74, 6) is 4.24. The second-order valence-electron chi connectivity index (χ2n) is 9.03. The Kier molecular flexibility index (Phi) is 4.02. The zero-order valence-corrected chi connectivity index (χ0v) is 17.9. The molecule has 30 heavy (non-hydrogen) atoms. The van der Waals surface area contributed by atoms with Crippen LogP contribution in [-0.4, -0.2) is 50.1 Å². The Morgan fingerprint density at radius 3 is 2.80 bits per heavy atom. The van der Waals surface area contributed by atoms with Gasteiger partial charge in [-0.3, -0.25) is 9.89 Å². The molecule has 3 aromatic heterocycles. The van der Waals surface area contributed by atoms with Crippen molar-refractivity contribution in [1.82, 2.24) is 25.1 Å². The van der Waals surface area contributed by atoms with Gasteiger partial charge in [-0.1, -0.05) is 13.8 Å². The molecule has 0 unspecified atom stereocenters. The Balaban J connectivity index is 1.18. The van der Waals surface area contributed by atoms with Gasteiger partial charge in [0.25, 0.3) is 0 Å². The van der Waals surface area contributed by atoms with Gasteiger partial charge in [-0.15, -0.1) is 11.3 Å². The van der Waals surface area contributed by atoms with Gasteiger partial charge >= 0.3 is 0 Å². The summed E-state index contributed by atoms with van der Waals surface area (Å²) >= 11 is 1.63. The Hall–Kier alpha value is -2.68. The molecule has 6 rings (SSSR count). The summed E-state index contributed by atoms with van der Waals surface area (Å²) in [4.78, 5) is 23.7. The lowest BCUT2D eigenvalue weighted by atomic mass is 10.2. The van der Waals surface area contributed by atoms with Gasteiger partial charge in [0.2, 0.25) is 11.9 Å². The molecule has 0 radical (unpaired) electrons. The van der Waals surface area contributed by atoms with Crippen LogP contribution < -0.4 is 10.6 Å². The first-order valence-corrected chi connectivity index (χ1v) is 11.6. The first-order chi connectivity index (χ1) is 14.6. The predicted molar refractivity (Wildman–Crippen MR) is 117 cm³/mol. The first-order valence-electron chi connectivity index (χ1n) is 10.7. The average Bonchev–Trinajstić information content (AvgIpc) is 3.43. The number of anilines is 3. The van der Waals surface area contributed by atoms with Crippen LogP contribution in [0.1, 0.15) is 38.3 Å². The summed E-state index contributed by atoms with van der Waals surface area (Å²) in [7, 11) is 0. The van der Waals surface area contributed by atoms with Crippen LogP contribution >= 0.6 is 11.3 Å². The quantitative estimate of drug-likeness (QED) is 0.561. The van der Waals surface area contributed by atoms with Crippen LogP contribution in [0.25, 0.3) is 10.2 Å². The molecule has 3 N–H and O–H groups in total. The third-order valence-electron chi connectivity index (χ3n) is 6.45. The summed E-state index contributed by atoms with van der Waals surface area (Å²) in [6.45, 7) is 5.61. The number of carbonyl (C=O) groups excluding carboxylic acids is 1. The minimum atomic E-state index is 0.0646. The van der Waals surface area contributed by atoms with E-state index in [-0.39, 0.29) is 11.8 Å². The minimum Gasteiger partial charge on any atom is -0.351 e. The molecular formula is C21H25N7OS. The Bertz CT molecular complexity index is 1110. The maximum Gasteiger partial charge on any atom is 0.225 e. The molecule has 9 heteroatoms. The number of nitrogens with one attached hydrogen (secondary N) is 3. The number of hydrogen-bond acceptors (Lipinski definition) is 7. The highest BCUT2D eigenvalue weighted by Gasteiger charge is 2.57. The first kappa shape index (κ1) is 18.1. The van der Waals surface area contributed by atoms with Gasteiger partial charge in [0, 0.05) is 48.9 Å². The zero-order chi connectivity index (χ0) is 20.4. The molecule has 0 bridgehead atoms. The van der Waals surface area contributed by atoms with E-state index in [1.165, 1.54) is 12.8 Å². The predicted octanol–water partition coefficient (Wildman–Crippen LogP) is 3.56. The van der Waals surface area contributed by atoms with Crippen molar-refractivity contribution in [2.24, 2.45) is 17.8 Å². The summed E-state index contributed by atoms with van der Waals surface area (Å²) in [6.07, 6.45) is 2.45. The maximum absolute atomic E-state index is 12.2. The van der Waals surface area contributed by atoms with E-state index in [1.807, 2.05) is 30.2 Å². The molecular weight excluding hydrogens is 398 g/mol. The van der Waals surface area contributed by atoms with E-state index in [0.717, 1.165) is 40.6 Å². The number of carbonyl (C=O) groups is 1. The van der Waals surface area contributed by atoms with E-state index in [2.05, 4.69) is 26.9 Å². The molecule has 3 atom stereocenters. The van der Waals surface area contributed by atoms with Crippen LogP contribution in [0.2, 0.25) is 0 Å². The molecule has 3 fully saturated rings. The van der Waals surface area contributed by atoms with Crippen LogP contribution in [0.5, 0.6) is 0 Å². The maximum atomic E-state index is 12.2. The highest BCUT2D eigenvalue weighted by molar-refractivity contribution is 7.17. The van der Waals surface area contributed by atoms with E-state index in [1.54, 1.807) is 11.3 Å². The topological polar surface area (TPSA) is 98.8 Å². The van der Waals surface area contributed by atoms with Gasteiger partial charge in [-0.25, -0.2) is 4.98 Å². The average molecular weight is 424 g/mol. The van der Waals surface area contributed by atoms with Crippen molar-refractivity contribution in [1.29, 1.82) is 0 Å². The van der Waals surface area contributed by atoms with Crippen molar-refractivity contribution in [2.75, 3.05) is 23.7 Å². The molecule has 8 nitrogen and oxygen atoms in total. The number of thiophene rings is 1. The molecule has 0 spiro atoms. The van der Waals surface area contributed by atoms with Crippen molar-refractivity contribution in [2.45, 2.75) is 38.6 Å². The summed E-state index contributed by atoms with van der Waals surface area (Å²) in [5.41, 5.74) is 2.06. The number of H-pyrrole nitrogens is 1. The van der Waals surface area contributed by atoms with Crippen LogP contribution in [0.15, 0.2) is 17.5 Å². The number of fused-ring (bicyclic) bond motifs is 2. The van der Waals surface area contributed by atoms with Gasteiger partial charge in [0.1, 0.15) is 5.82 Å². The van der Waals surface area contributed by atoms with E-state index >= 15 is 0 Å². The molecule has 3 aliphatic rings. The van der Waals surface area contributed by atoms with Crippen LogP contribution in [0.3, 0.4) is 0 Å². The fourth-order valence-electron chi connectivity index (χ4n) is 4.56. The van der Waals surface area contributed by atoms with Crippen LogP contribution in [-0.2, 0) is 4.79 Å². The number of likely N-dealkylation sites (tertiary alicyclic amines) is 1. The SMILES string of the molecule is CC(C)C(=O)N1C[C@@H]2[C@H](C1)[C@@H]2Nc1nc(Nc2cc(C3CC3)n[nH]2)c2sccc2n1. The molecule has 2 aliphatic carbocycles. The summed E-state index contributed by atoms with van der Waals surface area (Å²) in [5, 5.41) is 16.5. The van der Waals surface area contributed by atoms with Gasteiger partial charge in [-0.2, -0.15) is 10.1 Å². The van der Waals surface area contributed by atoms with E-state index in [4.69, 9.17) is 9.97 Å². The third-order valence-corrected chi connectivity index (χ3v) is 7.36. The van der Waals surface area contributed by atoms with Crippen molar-refractivity contribution < 1.29 is 4.79 Å². The number of aromatic amines is 1. The van der Waals surface area contributed by atoms with Gasteiger partial charge in [0.05, 0.1) is 15.9 Å². The van der Waals surface area contributed by atoms with Crippen molar-refractivity contribution in [3.8, 4) is 0 Å². The van der Waals surface area contributed by atoms with Crippen LogP contribution in [0.4, 0.5) is 17.6 Å². The smallest absolute Gasteiger partial charge is 0.225 e. The lowest BCUT2D eigenvalue weighted by molar-refractivity contribution is -0.133. The van der Waals surface area contributed by atoms with Crippen LogP contribution in [0, 0.1) is 17.8 Å². The summed E-state index contributed by atoms with van der Waals surface area (Å²) < 4.78 is 1.04. The molecule has 0 aromatic carbocycles. The van der Waals surface area contributed by atoms with Crippen molar-refractivity contribution in [3.63, 3.8) is 0 Å². The number of nitrogens with zero attached hydrogens (tertiary/aromatic N) is 4. The van der Waals surface area contributed by atoms with E-state index in [9.17, 15) is 4.79 Å². The standard InChI is InChI=1S/C21H25N7OS/c1-10(2)20(29)28-8-12-13(9-28)17(12)24-21-22-14-5-6-30-18(14)19(25-21)23-16-7-15(26-27-16)11-3-4-11/h5-7,10-13,17H,3-4,8-9H2,1-2H3,(H3,22,23,24,25,26,27)/t12-,13+,17-. The fraction of sp³-hybridized carbons (Fsp3) is 0.524. The fourth-order valence-corrected chi connectivity index (χ4v) is 5.34. The lowest BCUT2D eigenvalue weighted by Crippen LogP contribution is -2.36. The highest BCUT2D eigenvalue weighted by Crippen LogP contribution is 2.47. The lowest BCUT2D eigenvalue weighted by Gasteiger charge is -2.22. The molecule has 2 saturated carbocycles. The molecule has 1 saturated heterocycles. The molecule has 156 valence electrons. The van der Waals surface area contributed by atoms with Gasteiger partial charge in [-0.05, 0) is 24.3 Å². The molecule has 3 aromatic rings. The van der Waals surface area contributed by atoms with Gasteiger partial charge in [0.15, 0.2) is 5.82 Å². The minimum absolute atomic E-state index is 0.0646. The number of hydrogen-bond donors (Lipinski definition) is 3. The van der Waals surface area contributed by atoms with E-state index < -0.39 is 0 Å². The molecule has 1 amide bonds. The summed E-state index contributed by atoms with van der Waals surface area (Å²) in [6, 6.07) is 4.45.